The van der Waals surface area contributed by atoms with Gasteiger partial charge in [0, 0.05) is 13.5 Å². The fourth-order valence-electron chi connectivity index (χ4n) is 2.82. The average Bonchev–Trinajstić information content (AvgIpc) is 3.00. The van der Waals surface area contributed by atoms with Gasteiger partial charge in [-0.15, -0.1) is 10.2 Å². The highest BCUT2D eigenvalue weighted by Crippen LogP contribution is 2.32. The highest BCUT2D eigenvalue weighted by atomic mass is 32.1. The van der Waals surface area contributed by atoms with Crippen LogP contribution in [0.15, 0.2) is 29.8 Å². The first-order chi connectivity index (χ1) is 10.6. The number of nitrogens with one attached hydrogen (secondary N) is 1. The minimum absolute atomic E-state index is 0.0109. The molecule has 1 aromatic heterocycles. The molecule has 22 heavy (non-hydrogen) atoms. The molecular weight excluding hydrogens is 300 g/mol. The van der Waals surface area contributed by atoms with E-state index in [0.717, 1.165) is 12.0 Å². The third kappa shape index (κ3) is 2.99. The number of hydrogen-bond acceptors (Lipinski definition) is 5. The highest BCUT2D eigenvalue weighted by molar-refractivity contribution is 7.13. The van der Waals surface area contributed by atoms with Gasteiger partial charge >= 0.3 is 0 Å². The Labute approximate surface area is 132 Å². The number of carbonyl (C=O) groups is 2. The molecule has 1 atom stereocenters. The predicted molar refractivity (Wildman–Crippen MR) is 83.4 cm³/mol. The van der Waals surface area contributed by atoms with Crippen molar-refractivity contribution in [1.82, 2.24) is 15.1 Å². The van der Waals surface area contributed by atoms with Gasteiger partial charge < -0.3 is 10.2 Å². The second-order valence-corrected chi connectivity index (χ2v) is 6.01. The molecule has 6 nitrogen and oxygen atoms in total. The Morgan fingerprint density at radius 2 is 2.23 bits per heavy atom. The van der Waals surface area contributed by atoms with Crippen molar-refractivity contribution in [3.05, 3.63) is 40.9 Å². The second kappa shape index (κ2) is 6.23. The van der Waals surface area contributed by atoms with Gasteiger partial charge in [-0.1, -0.05) is 35.6 Å². The summed E-state index contributed by atoms with van der Waals surface area (Å²) in [6.07, 6.45) is 1.04. The molecule has 114 valence electrons. The van der Waals surface area contributed by atoms with Gasteiger partial charge in [-0.25, -0.2) is 0 Å². The number of carbonyl (C=O) groups excluding carboxylic acids is 2. The highest BCUT2D eigenvalue weighted by Gasteiger charge is 2.30. The lowest BCUT2D eigenvalue weighted by atomic mass is 9.90. The summed E-state index contributed by atoms with van der Waals surface area (Å²) in [6, 6.07) is 7.75. The Hall–Kier alpha value is -2.28. The zero-order valence-electron chi connectivity index (χ0n) is 12.2. The molecule has 0 fully saturated rings. The summed E-state index contributed by atoms with van der Waals surface area (Å²) >= 11 is 1.27. The van der Waals surface area contributed by atoms with Crippen LogP contribution in [0.2, 0.25) is 0 Å². The third-order valence-electron chi connectivity index (χ3n) is 3.80. The van der Waals surface area contributed by atoms with Crippen molar-refractivity contribution >= 4 is 28.3 Å². The maximum absolute atomic E-state index is 12.2. The maximum Gasteiger partial charge on any atom is 0.228 e. The minimum atomic E-state index is -0.227. The van der Waals surface area contributed by atoms with Gasteiger partial charge in [0.25, 0.3) is 0 Å². The maximum atomic E-state index is 12.2. The van der Waals surface area contributed by atoms with Gasteiger partial charge in [0.15, 0.2) is 0 Å². The lowest BCUT2D eigenvalue weighted by molar-refractivity contribution is -0.132. The van der Waals surface area contributed by atoms with Gasteiger partial charge in [0.1, 0.15) is 5.51 Å². The standard InChI is InChI=1S/C15H16N4O2S/c1-10(20)19-7-6-11-4-2-3-5-12(11)13(19)8-14(21)17-15-18-16-9-22-15/h2-5,9,13H,6-8H2,1H3,(H,17,18,21). The van der Waals surface area contributed by atoms with Crippen molar-refractivity contribution in [3.8, 4) is 0 Å². The topological polar surface area (TPSA) is 75.2 Å². The Morgan fingerprint density at radius 3 is 2.95 bits per heavy atom. The summed E-state index contributed by atoms with van der Waals surface area (Å²) in [4.78, 5) is 25.9. The van der Waals surface area contributed by atoms with Gasteiger partial charge in [-0.05, 0) is 17.5 Å². The van der Waals surface area contributed by atoms with E-state index in [1.807, 2.05) is 18.2 Å². The molecule has 1 N–H and O–H groups in total. The van der Waals surface area contributed by atoms with Crippen LogP contribution in [0.25, 0.3) is 0 Å². The quantitative estimate of drug-likeness (QED) is 0.940. The zero-order valence-corrected chi connectivity index (χ0v) is 13.0. The predicted octanol–water partition coefficient (Wildman–Crippen LogP) is 2.01. The number of nitrogens with zero attached hydrogens (tertiary/aromatic N) is 3. The van der Waals surface area contributed by atoms with E-state index in [9.17, 15) is 9.59 Å². The first-order valence-electron chi connectivity index (χ1n) is 7.06. The van der Waals surface area contributed by atoms with E-state index in [1.165, 1.54) is 16.9 Å². The number of hydrogen-bond donors (Lipinski definition) is 1. The molecule has 2 aromatic rings. The number of fused-ring (bicyclic) bond motifs is 1. The number of aromatic nitrogens is 2. The summed E-state index contributed by atoms with van der Waals surface area (Å²) in [6.45, 7) is 2.19. The monoisotopic (exact) mass is 316 g/mol. The van der Waals surface area contributed by atoms with Gasteiger partial charge in [-0.3, -0.25) is 9.59 Å². The SMILES string of the molecule is CC(=O)N1CCc2ccccc2C1CC(=O)Nc1nncs1. The van der Waals surface area contributed by atoms with E-state index in [4.69, 9.17) is 0 Å². The Morgan fingerprint density at radius 1 is 1.41 bits per heavy atom. The van der Waals surface area contributed by atoms with E-state index < -0.39 is 0 Å². The first kappa shape index (κ1) is 14.6. The molecule has 2 amide bonds. The summed E-state index contributed by atoms with van der Waals surface area (Å²) in [5, 5.41) is 10.7. The molecule has 3 rings (SSSR count). The summed E-state index contributed by atoms with van der Waals surface area (Å²) < 4.78 is 0. The molecule has 0 aliphatic carbocycles. The van der Waals surface area contributed by atoms with Crippen LogP contribution in [0.1, 0.15) is 30.5 Å². The molecule has 1 aliphatic rings. The van der Waals surface area contributed by atoms with Crippen LogP contribution in [-0.2, 0) is 16.0 Å². The Bertz CT molecular complexity index is 687. The summed E-state index contributed by atoms with van der Waals surface area (Å²) in [5.74, 6) is -0.173. The number of amides is 2. The van der Waals surface area contributed by atoms with E-state index in [2.05, 4.69) is 21.6 Å². The van der Waals surface area contributed by atoms with Crippen molar-refractivity contribution in [2.45, 2.75) is 25.8 Å². The number of benzene rings is 1. The number of anilines is 1. The zero-order chi connectivity index (χ0) is 15.5. The summed E-state index contributed by atoms with van der Waals surface area (Å²) in [5.41, 5.74) is 3.82. The molecule has 0 spiro atoms. The lowest BCUT2D eigenvalue weighted by Gasteiger charge is -2.36. The van der Waals surface area contributed by atoms with E-state index >= 15 is 0 Å². The van der Waals surface area contributed by atoms with Crippen molar-refractivity contribution in [2.24, 2.45) is 0 Å². The fraction of sp³-hybridized carbons (Fsp3) is 0.333. The van der Waals surface area contributed by atoms with Crippen LogP contribution in [0.5, 0.6) is 0 Å². The molecule has 0 saturated carbocycles. The van der Waals surface area contributed by atoms with Crippen molar-refractivity contribution in [2.75, 3.05) is 11.9 Å². The molecule has 2 heterocycles. The lowest BCUT2D eigenvalue weighted by Crippen LogP contribution is -2.40. The van der Waals surface area contributed by atoms with Crippen LogP contribution in [0.3, 0.4) is 0 Å². The molecule has 0 saturated heterocycles. The van der Waals surface area contributed by atoms with Gasteiger partial charge in [0.05, 0.1) is 12.5 Å². The molecule has 1 aliphatic heterocycles. The van der Waals surface area contributed by atoms with Crippen LogP contribution in [0.4, 0.5) is 5.13 Å². The number of rotatable bonds is 3. The fourth-order valence-corrected chi connectivity index (χ4v) is 3.28. The molecule has 1 aromatic carbocycles. The normalized spacial score (nSPS) is 17.0. The van der Waals surface area contributed by atoms with Crippen LogP contribution in [0, 0.1) is 0 Å². The van der Waals surface area contributed by atoms with E-state index in [1.54, 1.807) is 17.3 Å². The van der Waals surface area contributed by atoms with Crippen LogP contribution in [-0.4, -0.2) is 33.5 Å². The molecule has 7 heteroatoms. The molecule has 0 bridgehead atoms. The van der Waals surface area contributed by atoms with Crippen LogP contribution >= 0.6 is 11.3 Å². The van der Waals surface area contributed by atoms with Gasteiger partial charge in [-0.2, -0.15) is 0 Å². The van der Waals surface area contributed by atoms with Crippen molar-refractivity contribution < 1.29 is 9.59 Å². The van der Waals surface area contributed by atoms with Gasteiger partial charge in [0.2, 0.25) is 16.9 Å². The summed E-state index contributed by atoms with van der Waals surface area (Å²) in [7, 11) is 0. The van der Waals surface area contributed by atoms with E-state index in [-0.39, 0.29) is 24.3 Å². The largest absolute Gasteiger partial charge is 0.335 e. The Kier molecular flexibility index (Phi) is 4.15. The molecule has 0 radical (unpaired) electrons. The van der Waals surface area contributed by atoms with E-state index in [0.29, 0.717) is 11.7 Å². The second-order valence-electron chi connectivity index (χ2n) is 5.17. The average molecular weight is 316 g/mol. The van der Waals surface area contributed by atoms with Crippen molar-refractivity contribution in [1.29, 1.82) is 0 Å². The molecule has 1 unspecified atom stereocenters. The van der Waals surface area contributed by atoms with Crippen LogP contribution < -0.4 is 5.32 Å². The van der Waals surface area contributed by atoms with Crippen molar-refractivity contribution in [3.63, 3.8) is 0 Å². The Balaban J connectivity index is 1.81. The molecular formula is C15H16N4O2S. The third-order valence-corrected chi connectivity index (χ3v) is 4.41. The smallest absolute Gasteiger partial charge is 0.228 e. The minimum Gasteiger partial charge on any atom is -0.335 e. The first-order valence-corrected chi connectivity index (χ1v) is 7.94.